The van der Waals surface area contributed by atoms with Gasteiger partial charge in [0.2, 0.25) is 5.69 Å². The lowest BCUT2D eigenvalue weighted by Crippen LogP contribution is -2.04. The second kappa shape index (κ2) is 4.62. The maximum absolute atomic E-state index is 10.8. The summed E-state index contributed by atoms with van der Waals surface area (Å²) in [7, 11) is 0. The maximum atomic E-state index is 10.8. The van der Waals surface area contributed by atoms with Crippen molar-refractivity contribution in [2.75, 3.05) is 0 Å². The van der Waals surface area contributed by atoms with E-state index in [2.05, 4.69) is 10.1 Å². The Hall–Kier alpha value is -2.77. The number of carbonyl (C=O) groups is 1. The average molecular weight is 248 g/mol. The lowest BCUT2D eigenvalue weighted by Gasteiger charge is -1.99. The number of carboxylic acid groups (broad SMARTS) is 1. The largest absolute Gasteiger partial charge is 0.476 e. The fourth-order valence-electron chi connectivity index (χ4n) is 1.46. The van der Waals surface area contributed by atoms with E-state index in [0.717, 1.165) is 11.8 Å². The summed E-state index contributed by atoms with van der Waals surface area (Å²) in [5, 5.41) is 23.1. The Labute approximate surface area is 101 Å². The predicted molar refractivity (Wildman–Crippen MR) is 59.2 cm³/mol. The molecule has 92 valence electrons. The number of aromatic carboxylic acids is 1. The molecule has 0 saturated heterocycles. The fraction of sp³-hybridized carbons (Fsp3) is 0.100. The molecule has 0 aliphatic carbocycles. The van der Waals surface area contributed by atoms with Crippen LogP contribution in [0.3, 0.4) is 0 Å². The van der Waals surface area contributed by atoms with Crippen molar-refractivity contribution in [2.45, 2.75) is 6.54 Å². The first kappa shape index (κ1) is 11.7. The van der Waals surface area contributed by atoms with Gasteiger partial charge in [-0.25, -0.2) is 4.79 Å². The molecule has 0 fully saturated rings. The number of carboxylic acids is 1. The summed E-state index contributed by atoms with van der Waals surface area (Å²) in [6.45, 7) is 0.224. The van der Waals surface area contributed by atoms with Crippen LogP contribution in [0.2, 0.25) is 0 Å². The Morgan fingerprint density at radius 2 is 2.33 bits per heavy atom. The number of rotatable bonds is 4. The van der Waals surface area contributed by atoms with Gasteiger partial charge in [-0.2, -0.15) is 5.10 Å². The molecule has 0 bridgehead atoms. The van der Waals surface area contributed by atoms with Crippen LogP contribution < -0.4 is 0 Å². The molecule has 0 radical (unpaired) electrons. The molecule has 2 aromatic rings. The molecule has 2 heterocycles. The van der Waals surface area contributed by atoms with Crippen LogP contribution in [0.15, 0.2) is 30.7 Å². The van der Waals surface area contributed by atoms with Crippen LogP contribution in [-0.2, 0) is 6.54 Å². The van der Waals surface area contributed by atoms with Crippen LogP contribution in [0, 0.1) is 10.1 Å². The summed E-state index contributed by atoms with van der Waals surface area (Å²) in [4.78, 5) is 24.6. The van der Waals surface area contributed by atoms with E-state index in [1.165, 1.54) is 4.68 Å². The second-order valence-electron chi connectivity index (χ2n) is 3.48. The summed E-state index contributed by atoms with van der Waals surface area (Å²) in [6, 6.07) is 3.48. The number of nitro groups is 1. The fourth-order valence-corrected chi connectivity index (χ4v) is 1.46. The van der Waals surface area contributed by atoms with Gasteiger partial charge in [-0.3, -0.25) is 19.8 Å². The number of hydrogen-bond acceptors (Lipinski definition) is 5. The number of nitrogens with zero attached hydrogens (tertiary/aromatic N) is 4. The topological polar surface area (TPSA) is 111 Å². The first-order valence-corrected chi connectivity index (χ1v) is 4.92. The molecule has 2 rings (SSSR count). The zero-order valence-electron chi connectivity index (χ0n) is 9.05. The lowest BCUT2D eigenvalue weighted by atomic mass is 10.3. The molecule has 0 amide bonds. The molecule has 0 saturated carbocycles. The molecule has 1 N–H and O–H groups in total. The van der Waals surface area contributed by atoms with E-state index in [1.807, 2.05) is 0 Å². The Morgan fingerprint density at radius 3 is 2.83 bits per heavy atom. The molecule has 0 unspecified atom stereocenters. The van der Waals surface area contributed by atoms with Crippen molar-refractivity contribution in [3.63, 3.8) is 0 Å². The highest BCUT2D eigenvalue weighted by atomic mass is 16.6. The quantitative estimate of drug-likeness (QED) is 0.636. The highest BCUT2D eigenvalue weighted by molar-refractivity contribution is 5.89. The van der Waals surface area contributed by atoms with Crippen molar-refractivity contribution in [3.05, 3.63) is 52.1 Å². The van der Waals surface area contributed by atoms with Gasteiger partial charge in [0.1, 0.15) is 6.20 Å². The van der Waals surface area contributed by atoms with E-state index in [9.17, 15) is 14.9 Å². The van der Waals surface area contributed by atoms with Crippen molar-refractivity contribution < 1.29 is 14.8 Å². The third kappa shape index (κ3) is 2.32. The molecule has 0 aliphatic heterocycles. The summed E-state index contributed by atoms with van der Waals surface area (Å²) in [6.07, 6.45) is 4.27. The summed E-state index contributed by atoms with van der Waals surface area (Å²) in [5.41, 5.74) is -0.317. The molecule has 8 nitrogen and oxygen atoms in total. The van der Waals surface area contributed by atoms with Crippen LogP contribution in [0.1, 0.15) is 16.1 Å². The summed E-state index contributed by atoms with van der Waals surface area (Å²) in [5.74, 6) is -1.42. The molecule has 0 aromatic carbocycles. The second-order valence-corrected chi connectivity index (χ2v) is 3.48. The molecule has 18 heavy (non-hydrogen) atoms. The van der Waals surface area contributed by atoms with E-state index in [-0.39, 0.29) is 6.54 Å². The van der Waals surface area contributed by atoms with E-state index in [1.54, 1.807) is 24.5 Å². The van der Waals surface area contributed by atoms with Gasteiger partial charge in [0, 0.05) is 12.4 Å². The van der Waals surface area contributed by atoms with Crippen molar-refractivity contribution in [1.82, 2.24) is 14.8 Å². The highest BCUT2D eigenvalue weighted by Crippen LogP contribution is 2.17. The van der Waals surface area contributed by atoms with Gasteiger partial charge >= 0.3 is 11.7 Å². The van der Waals surface area contributed by atoms with E-state index in [0.29, 0.717) is 0 Å². The van der Waals surface area contributed by atoms with Crippen molar-refractivity contribution in [1.29, 1.82) is 0 Å². The minimum atomic E-state index is -1.42. The maximum Gasteiger partial charge on any atom is 0.363 e. The molecule has 0 aliphatic rings. The van der Waals surface area contributed by atoms with Crippen LogP contribution >= 0.6 is 0 Å². The van der Waals surface area contributed by atoms with Crippen LogP contribution in [0.5, 0.6) is 0 Å². The minimum Gasteiger partial charge on any atom is -0.476 e. The van der Waals surface area contributed by atoms with Crippen molar-refractivity contribution >= 4 is 11.7 Å². The molecular weight excluding hydrogens is 240 g/mol. The Morgan fingerprint density at radius 1 is 1.56 bits per heavy atom. The van der Waals surface area contributed by atoms with Crippen LogP contribution in [-0.4, -0.2) is 30.8 Å². The van der Waals surface area contributed by atoms with E-state index in [4.69, 9.17) is 5.11 Å². The monoisotopic (exact) mass is 248 g/mol. The van der Waals surface area contributed by atoms with Crippen LogP contribution in [0.25, 0.3) is 0 Å². The zero-order chi connectivity index (χ0) is 13.1. The van der Waals surface area contributed by atoms with Gasteiger partial charge < -0.3 is 5.11 Å². The minimum absolute atomic E-state index is 0.224. The van der Waals surface area contributed by atoms with Crippen molar-refractivity contribution in [3.8, 4) is 0 Å². The van der Waals surface area contributed by atoms with E-state index < -0.39 is 22.3 Å². The molecular formula is C10H8N4O4. The average Bonchev–Trinajstić information content (AvgIpc) is 2.74. The summed E-state index contributed by atoms with van der Waals surface area (Å²) >= 11 is 0. The molecule has 0 atom stereocenters. The van der Waals surface area contributed by atoms with Gasteiger partial charge in [0.25, 0.3) is 0 Å². The van der Waals surface area contributed by atoms with Gasteiger partial charge in [0.05, 0.1) is 11.5 Å². The number of hydrogen-bond donors (Lipinski definition) is 1. The smallest absolute Gasteiger partial charge is 0.363 e. The Kier molecular flexibility index (Phi) is 3.00. The highest BCUT2D eigenvalue weighted by Gasteiger charge is 2.25. The predicted octanol–water partition coefficient (Wildman–Crippen LogP) is 0.933. The third-order valence-corrected chi connectivity index (χ3v) is 2.21. The molecule has 2 aromatic heterocycles. The number of aromatic nitrogens is 3. The van der Waals surface area contributed by atoms with E-state index >= 15 is 0 Å². The van der Waals surface area contributed by atoms with Crippen molar-refractivity contribution in [2.24, 2.45) is 0 Å². The zero-order valence-corrected chi connectivity index (χ0v) is 9.05. The normalized spacial score (nSPS) is 10.2. The summed E-state index contributed by atoms with van der Waals surface area (Å²) < 4.78 is 1.21. The molecule has 0 spiro atoms. The number of pyridine rings is 1. The lowest BCUT2D eigenvalue weighted by molar-refractivity contribution is -0.385. The SMILES string of the molecule is O=C(O)c1nn(Cc2cccnc2)cc1[N+](=O)[O-]. The van der Waals surface area contributed by atoms with Gasteiger partial charge in [-0.15, -0.1) is 0 Å². The Bertz CT molecular complexity index is 562. The van der Waals surface area contributed by atoms with Crippen LogP contribution in [0.4, 0.5) is 5.69 Å². The first-order valence-electron chi connectivity index (χ1n) is 4.92. The van der Waals surface area contributed by atoms with Gasteiger partial charge in [-0.1, -0.05) is 6.07 Å². The first-order chi connectivity index (χ1) is 8.58. The standard InChI is InChI=1S/C10H8N4O4/c15-10(16)9-8(14(17)18)6-13(12-9)5-7-2-1-3-11-4-7/h1-4,6H,5H2,(H,15,16). The van der Waals surface area contributed by atoms with Gasteiger partial charge in [0.15, 0.2) is 0 Å². The van der Waals surface area contributed by atoms with Gasteiger partial charge in [-0.05, 0) is 11.6 Å². The Balaban J connectivity index is 2.33. The third-order valence-electron chi connectivity index (χ3n) is 2.21. The molecule has 8 heteroatoms.